The van der Waals surface area contributed by atoms with E-state index >= 15 is 0 Å². The molecule has 0 fully saturated rings. The zero-order chi connectivity index (χ0) is 17.4. The Bertz CT molecular complexity index is 512. The molecule has 6 heteroatoms. The Morgan fingerprint density at radius 2 is 1.74 bits per heavy atom. The molecule has 0 radical (unpaired) electrons. The maximum absolute atomic E-state index is 11.9. The molecule has 1 rings (SSSR count). The van der Waals surface area contributed by atoms with E-state index in [0.717, 1.165) is 17.8 Å². The van der Waals surface area contributed by atoms with Gasteiger partial charge in [-0.2, -0.15) is 0 Å². The number of carbonyl (C=O) groups is 2. The van der Waals surface area contributed by atoms with Crippen molar-refractivity contribution in [3.8, 4) is 0 Å². The molecule has 0 bridgehead atoms. The van der Waals surface area contributed by atoms with E-state index in [1.165, 1.54) is 0 Å². The normalized spacial score (nSPS) is 10.7. The molecule has 3 amide bonds. The highest BCUT2D eigenvalue weighted by molar-refractivity contribution is 5.95. The van der Waals surface area contributed by atoms with Gasteiger partial charge in [0, 0.05) is 32.4 Å². The largest absolute Gasteiger partial charge is 0.378 e. The number of nitrogens with one attached hydrogen (secondary N) is 2. The van der Waals surface area contributed by atoms with Crippen LogP contribution in [0, 0.1) is 0 Å². The minimum absolute atomic E-state index is 0.000268. The van der Waals surface area contributed by atoms with Crippen molar-refractivity contribution in [2.75, 3.05) is 32.1 Å². The average Bonchev–Trinajstić information content (AvgIpc) is 2.45. The first-order valence-electron chi connectivity index (χ1n) is 7.90. The van der Waals surface area contributed by atoms with Crippen molar-refractivity contribution >= 4 is 17.6 Å². The molecule has 0 atom stereocenters. The molecule has 23 heavy (non-hydrogen) atoms. The van der Waals surface area contributed by atoms with Crippen molar-refractivity contribution in [2.45, 2.75) is 33.4 Å². The molecule has 0 unspecified atom stereocenters. The zero-order valence-electron chi connectivity index (χ0n) is 14.7. The smallest absolute Gasteiger partial charge is 0.321 e. The number of benzene rings is 1. The Morgan fingerprint density at radius 3 is 2.22 bits per heavy atom. The van der Waals surface area contributed by atoms with Crippen LogP contribution < -0.4 is 15.5 Å². The summed E-state index contributed by atoms with van der Waals surface area (Å²) in [5.41, 5.74) is 2.27. The highest BCUT2D eigenvalue weighted by Gasteiger charge is 2.13. The van der Waals surface area contributed by atoms with E-state index in [1.54, 1.807) is 0 Å². The molecule has 0 heterocycles. The quantitative estimate of drug-likeness (QED) is 0.804. The third kappa shape index (κ3) is 7.15. The van der Waals surface area contributed by atoms with Gasteiger partial charge in [-0.25, -0.2) is 4.79 Å². The Balaban J connectivity index is 2.53. The van der Waals surface area contributed by atoms with Gasteiger partial charge in [0.05, 0.1) is 6.54 Å². The highest BCUT2D eigenvalue weighted by atomic mass is 16.2. The van der Waals surface area contributed by atoms with E-state index in [-0.39, 0.29) is 18.5 Å². The zero-order valence-corrected chi connectivity index (χ0v) is 14.7. The van der Waals surface area contributed by atoms with Gasteiger partial charge in [0.25, 0.3) is 0 Å². The van der Waals surface area contributed by atoms with Crippen molar-refractivity contribution in [3.05, 3.63) is 29.8 Å². The first-order chi connectivity index (χ1) is 10.8. The van der Waals surface area contributed by atoms with Crippen LogP contribution in [0.2, 0.25) is 0 Å². The molecule has 0 aliphatic carbocycles. The van der Waals surface area contributed by atoms with Crippen molar-refractivity contribution < 1.29 is 9.59 Å². The predicted molar refractivity (Wildman–Crippen MR) is 93.5 cm³/mol. The van der Waals surface area contributed by atoms with E-state index in [1.807, 2.05) is 44.7 Å². The number of hydrogen-bond donors (Lipinski definition) is 2. The molecule has 0 saturated heterocycles. The van der Waals surface area contributed by atoms with E-state index in [4.69, 9.17) is 0 Å². The Labute approximate surface area is 138 Å². The molecule has 128 valence electrons. The standard InChI is InChI=1S/C17H28N4O2/c1-6-21(12-16(22)19-17(23)18-13(2)3)11-14-7-9-15(10-8-14)20(4)5/h7-10,13H,6,11-12H2,1-5H3,(H2,18,19,22,23). The minimum Gasteiger partial charge on any atom is -0.378 e. The van der Waals surface area contributed by atoms with Gasteiger partial charge in [0.15, 0.2) is 0 Å². The number of nitrogens with zero attached hydrogens (tertiary/aromatic N) is 2. The van der Waals surface area contributed by atoms with Crippen LogP contribution in [0.1, 0.15) is 26.3 Å². The van der Waals surface area contributed by atoms with Crippen LogP contribution in [0.5, 0.6) is 0 Å². The van der Waals surface area contributed by atoms with Crippen molar-refractivity contribution in [2.24, 2.45) is 0 Å². The number of hydrogen-bond acceptors (Lipinski definition) is 4. The number of urea groups is 1. The summed E-state index contributed by atoms with van der Waals surface area (Å²) >= 11 is 0. The van der Waals surface area contributed by atoms with Gasteiger partial charge in [-0.15, -0.1) is 0 Å². The molecule has 0 aromatic heterocycles. The van der Waals surface area contributed by atoms with Gasteiger partial charge in [-0.3, -0.25) is 15.0 Å². The summed E-state index contributed by atoms with van der Waals surface area (Å²) in [5.74, 6) is -0.296. The molecule has 1 aromatic rings. The van der Waals surface area contributed by atoms with Gasteiger partial charge in [-0.1, -0.05) is 19.1 Å². The molecule has 2 N–H and O–H groups in total. The van der Waals surface area contributed by atoms with E-state index < -0.39 is 6.03 Å². The van der Waals surface area contributed by atoms with Gasteiger partial charge >= 0.3 is 6.03 Å². The topological polar surface area (TPSA) is 64.7 Å². The number of imide groups is 1. The molecule has 6 nitrogen and oxygen atoms in total. The van der Waals surface area contributed by atoms with Crippen LogP contribution in [0.3, 0.4) is 0 Å². The number of amides is 3. The van der Waals surface area contributed by atoms with Crippen molar-refractivity contribution in [3.63, 3.8) is 0 Å². The Hall–Kier alpha value is -2.08. The van der Waals surface area contributed by atoms with E-state index in [2.05, 4.69) is 34.9 Å². The number of anilines is 1. The first-order valence-corrected chi connectivity index (χ1v) is 7.90. The van der Waals surface area contributed by atoms with Crippen LogP contribution in [0.15, 0.2) is 24.3 Å². The van der Waals surface area contributed by atoms with Gasteiger partial charge in [-0.05, 0) is 38.1 Å². The SMILES string of the molecule is CCN(CC(=O)NC(=O)NC(C)C)Cc1ccc(N(C)C)cc1. The summed E-state index contributed by atoms with van der Waals surface area (Å²) in [4.78, 5) is 27.5. The second-order valence-electron chi connectivity index (χ2n) is 6.04. The maximum atomic E-state index is 11.9. The van der Waals surface area contributed by atoms with Crippen LogP contribution in [-0.2, 0) is 11.3 Å². The number of rotatable bonds is 7. The van der Waals surface area contributed by atoms with Gasteiger partial charge in [0.2, 0.25) is 5.91 Å². The Morgan fingerprint density at radius 1 is 1.13 bits per heavy atom. The second-order valence-corrected chi connectivity index (χ2v) is 6.04. The summed E-state index contributed by atoms with van der Waals surface area (Å²) in [5, 5.41) is 4.99. The molecule has 0 aliphatic rings. The molecule has 0 aliphatic heterocycles. The lowest BCUT2D eigenvalue weighted by Crippen LogP contribution is -2.46. The van der Waals surface area contributed by atoms with Crippen LogP contribution in [-0.4, -0.2) is 50.1 Å². The summed E-state index contributed by atoms with van der Waals surface area (Å²) in [7, 11) is 4.00. The lowest BCUT2D eigenvalue weighted by molar-refractivity contribution is -0.121. The van der Waals surface area contributed by atoms with Crippen LogP contribution >= 0.6 is 0 Å². The fourth-order valence-electron chi connectivity index (χ4n) is 2.10. The lowest BCUT2D eigenvalue weighted by atomic mass is 10.2. The summed E-state index contributed by atoms with van der Waals surface area (Å²) in [6.07, 6.45) is 0. The van der Waals surface area contributed by atoms with Gasteiger partial charge in [0.1, 0.15) is 0 Å². The van der Waals surface area contributed by atoms with Crippen molar-refractivity contribution in [1.82, 2.24) is 15.5 Å². The monoisotopic (exact) mass is 320 g/mol. The summed E-state index contributed by atoms with van der Waals surface area (Å²) in [6.45, 7) is 7.28. The van der Waals surface area contributed by atoms with E-state index in [9.17, 15) is 9.59 Å². The highest BCUT2D eigenvalue weighted by Crippen LogP contribution is 2.13. The third-order valence-corrected chi connectivity index (χ3v) is 3.35. The lowest BCUT2D eigenvalue weighted by Gasteiger charge is -2.20. The second kappa shape index (κ2) is 9.15. The number of likely N-dealkylation sites (N-methyl/N-ethyl adjacent to an activating group) is 1. The van der Waals surface area contributed by atoms with Crippen LogP contribution in [0.4, 0.5) is 10.5 Å². The fraction of sp³-hybridized carbons (Fsp3) is 0.529. The molecule has 0 spiro atoms. The molecule has 1 aromatic carbocycles. The number of carbonyl (C=O) groups excluding carboxylic acids is 2. The maximum Gasteiger partial charge on any atom is 0.321 e. The molecular formula is C17H28N4O2. The van der Waals surface area contributed by atoms with Gasteiger partial charge < -0.3 is 10.2 Å². The van der Waals surface area contributed by atoms with Crippen LogP contribution in [0.25, 0.3) is 0 Å². The Kier molecular flexibility index (Phi) is 7.54. The minimum atomic E-state index is -0.448. The summed E-state index contributed by atoms with van der Waals surface area (Å²) in [6, 6.07) is 7.78. The third-order valence-electron chi connectivity index (χ3n) is 3.35. The molecular weight excluding hydrogens is 292 g/mol. The summed E-state index contributed by atoms with van der Waals surface area (Å²) < 4.78 is 0. The van der Waals surface area contributed by atoms with Crippen molar-refractivity contribution in [1.29, 1.82) is 0 Å². The van der Waals surface area contributed by atoms with E-state index in [0.29, 0.717) is 6.54 Å². The predicted octanol–water partition coefficient (Wildman–Crippen LogP) is 1.81. The average molecular weight is 320 g/mol. The first kappa shape index (κ1) is 19.0. The molecule has 0 saturated carbocycles. The fourth-order valence-corrected chi connectivity index (χ4v) is 2.10.